The van der Waals surface area contributed by atoms with Crippen LogP contribution in [0, 0.1) is 10.1 Å². The monoisotopic (exact) mass is 891 g/mol. The highest BCUT2D eigenvalue weighted by Crippen LogP contribution is 2.33. The van der Waals surface area contributed by atoms with E-state index in [1.54, 1.807) is 0 Å². The number of aromatic hydroxyl groups is 1. The lowest BCUT2D eigenvalue weighted by Crippen LogP contribution is -2.36. The van der Waals surface area contributed by atoms with Crippen molar-refractivity contribution in [2.75, 3.05) is 63.7 Å². The molecule has 336 valence electrons. The molecule has 0 radical (unpaired) electrons. The van der Waals surface area contributed by atoms with Gasteiger partial charge in [0.05, 0.1) is 60.8 Å². The first-order valence-electron chi connectivity index (χ1n) is 20.9. The van der Waals surface area contributed by atoms with Gasteiger partial charge in [0.2, 0.25) is 17.7 Å². The molecule has 20 heteroatoms. The van der Waals surface area contributed by atoms with Crippen LogP contribution in [0.25, 0.3) is 0 Å². The number of carbonyl (C=O) groups excluding carboxylic acids is 5. The molecular formula is C41H58ClN7O11S. The van der Waals surface area contributed by atoms with Crippen LogP contribution in [-0.4, -0.2) is 115 Å². The minimum absolute atomic E-state index is 0.00975. The molecule has 3 atom stereocenters. The second kappa shape index (κ2) is 27.2. The smallest absolute Gasteiger partial charge is 0.315 e. The molecule has 2 fully saturated rings. The van der Waals surface area contributed by atoms with Crippen LogP contribution in [0.3, 0.4) is 0 Å². The standard InChI is InChI=1S/C41H58ClN7O11S/c42-28-13-16-33(50)30(25-28)40(54)46-31-15-14-29(49(56)57)26-34(31)60-24-23-59-22-21-58-20-19-45-38(53)11-4-2-8-17-43-36(51)10-3-1-7-18-44-37(52)12-6-5-9-35-39-32(27-61-35)47-41(55)48-39/h13-16,25-26,32,35,39,50H,1-12,17-24,27H2,(H,43,51)(H,44,52)(H,45,53)(H,46,54)(H2,47,48,55). The van der Waals surface area contributed by atoms with E-state index >= 15 is 0 Å². The zero-order valence-corrected chi connectivity index (χ0v) is 35.9. The second-order valence-electron chi connectivity index (χ2n) is 14.7. The van der Waals surface area contributed by atoms with E-state index in [-0.39, 0.29) is 95.7 Å². The summed E-state index contributed by atoms with van der Waals surface area (Å²) >= 11 is 7.83. The van der Waals surface area contributed by atoms with E-state index in [4.69, 9.17) is 25.8 Å². The van der Waals surface area contributed by atoms with Gasteiger partial charge < -0.3 is 51.2 Å². The summed E-state index contributed by atoms with van der Waals surface area (Å²) in [5.74, 6) is 0.0104. The molecule has 7 N–H and O–H groups in total. The first kappa shape index (κ1) is 48.8. The van der Waals surface area contributed by atoms with Crippen molar-refractivity contribution in [1.82, 2.24) is 26.6 Å². The van der Waals surface area contributed by atoms with E-state index in [1.807, 2.05) is 11.8 Å². The van der Waals surface area contributed by atoms with Crippen LogP contribution in [0.2, 0.25) is 5.02 Å². The summed E-state index contributed by atoms with van der Waals surface area (Å²) < 4.78 is 16.6. The molecule has 0 aliphatic carbocycles. The number of unbranched alkanes of at least 4 members (excludes halogenated alkanes) is 5. The lowest BCUT2D eigenvalue weighted by atomic mass is 10.0. The molecule has 0 spiro atoms. The minimum Gasteiger partial charge on any atom is -0.507 e. The number of anilines is 1. The average Bonchev–Trinajstić information content (AvgIpc) is 3.79. The molecule has 0 bridgehead atoms. The fourth-order valence-electron chi connectivity index (χ4n) is 6.69. The van der Waals surface area contributed by atoms with E-state index in [9.17, 15) is 39.2 Å². The summed E-state index contributed by atoms with van der Waals surface area (Å²) in [5, 5.41) is 39.2. The van der Waals surface area contributed by atoms with Crippen LogP contribution < -0.4 is 36.6 Å². The summed E-state index contributed by atoms with van der Waals surface area (Å²) in [7, 11) is 0. The molecule has 0 aromatic heterocycles. The van der Waals surface area contributed by atoms with Gasteiger partial charge in [0.1, 0.15) is 18.1 Å². The fourth-order valence-corrected chi connectivity index (χ4v) is 8.41. The number of ether oxygens (including phenoxy) is 3. The maximum absolute atomic E-state index is 12.7. The average molecular weight is 892 g/mol. The number of urea groups is 1. The quantitative estimate of drug-likeness (QED) is 0.0242. The fraction of sp³-hybridized carbons (Fsp3) is 0.585. The number of nitrogens with zero attached hydrogens (tertiary/aromatic N) is 1. The van der Waals surface area contributed by atoms with Crippen molar-refractivity contribution in [1.29, 1.82) is 0 Å². The maximum Gasteiger partial charge on any atom is 0.315 e. The minimum atomic E-state index is -0.683. The topological polar surface area (TPSA) is 249 Å². The first-order valence-corrected chi connectivity index (χ1v) is 22.3. The molecule has 3 unspecified atom stereocenters. The number of thioether (sulfide) groups is 1. The summed E-state index contributed by atoms with van der Waals surface area (Å²) in [4.78, 5) is 71.4. The number of halogens is 1. The molecule has 4 rings (SSSR count). The zero-order chi connectivity index (χ0) is 43.8. The van der Waals surface area contributed by atoms with Crippen LogP contribution in [0.4, 0.5) is 16.2 Å². The molecule has 0 saturated carbocycles. The number of phenolic OH excluding ortho intramolecular Hbond substituents is 1. The van der Waals surface area contributed by atoms with Gasteiger partial charge in [0.15, 0.2) is 0 Å². The Balaban J connectivity index is 0.902. The molecule has 2 heterocycles. The van der Waals surface area contributed by atoms with E-state index in [2.05, 4.69) is 31.9 Å². The third kappa shape index (κ3) is 18.3. The molecule has 2 aliphatic rings. The Kier molecular flexibility index (Phi) is 21.7. The summed E-state index contributed by atoms with van der Waals surface area (Å²) in [5.41, 5.74) is -0.163. The van der Waals surface area contributed by atoms with Crippen molar-refractivity contribution in [2.45, 2.75) is 94.4 Å². The molecule has 2 saturated heterocycles. The van der Waals surface area contributed by atoms with Crippen molar-refractivity contribution in [3.05, 3.63) is 57.1 Å². The molecule has 2 aromatic carbocycles. The number of fused-ring (bicyclic) bond motifs is 1. The van der Waals surface area contributed by atoms with E-state index < -0.39 is 10.8 Å². The van der Waals surface area contributed by atoms with Crippen LogP contribution in [0.5, 0.6) is 11.5 Å². The number of amides is 6. The third-order valence-electron chi connectivity index (χ3n) is 9.94. The Labute approximate surface area is 364 Å². The number of nitrogens with one attached hydrogen (secondary N) is 6. The zero-order valence-electron chi connectivity index (χ0n) is 34.3. The van der Waals surface area contributed by atoms with Gasteiger partial charge in [-0.05, 0) is 62.8 Å². The van der Waals surface area contributed by atoms with Crippen molar-refractivity contribution < 1.29 is 48.2 Å². The molecule has 2 aliphatic heterocycles. The predicted molar refractivity (Wildman–Crippen MR) is 231 cm³/mol. The Bertz CT molecular complexity index is 1770. The van der Waals surface area contributed by atoms with E-state index in [0.717, 1.165) is 57.1 Å². The summed E-state index contributed by atoms with van der Waals surface area (Å²) in [6.07, 6.45) is 8.86. The normalized spacial score (nSPS) is 16.5. The molecule has 18 nitrogen and oxygen atoms in total. The third-order valence-corrected chi connectivity index (χ3v) is 11.7. The van der Waals surface area contributed by atoms with Crippen LogP contribution in [0.15, 0.2) is 36.4 Å². The maximum atomic E-state index is 12.7. The number of hydrogen-bond acceptors (Lipinski definition) is 12. The number of hydrogen-bond donors (Lipinski definition) is 7. The predicted octanol–water partition coefficient (Wildman–Crippen LogP) is 4.81. The van der Waals surface area contributed by atoms with Crippen molar-refractivity contribution >= 4 is 64.4 Å². The number of non-ortho nitro benzene ring substituents is 1. The largest absolute Gasteiger partial charge is 0.507 e. The Hall–Kier alpha value is -4.85. The number of rotatable bonds is 30. The van der Waals surface area contributed by atoms with Gasteiger partial charge in [0, 0.05) is 61.0 Å². The molecule has 2 aromatic rings. The molecule has 61 heavy (non-hydrogen) atoms. The van der Waals surface area contributed by atoms with Gasteiger partial charge in [-0.15, -0.1) is 0 Å². The number of benzene rings is 2. The Morgan fingerprint density at radius 1 is 0.787 bits per heavy atom. The number of nitro benzene ring substituents is 1. The lowest BCUT2D eigenvalue weighted by molar-refractivity contribution is -0.384. The van der Waals surface area contributed by atoms with Crippen molar-refractivity contribution in [3.63, 3.8) is 0 Å². The van der Waals surface area contributed by atoms with Gasteiger partial charge >= 0.3 is 6.03 Å². The van der Waals surface area contributed by atoms with Crippen LogP contribution in [0.1, 0.15) is 87.4 Å². The molecule has 6 amide bonds. The Morgan fingerprint density at radius 3 is 2.08 bits per heavy atom. The Morgan fingerprint density at radius 2 is 1.41 bits per heavy atom. The number of phenols is 1. The summed E-state index contributed by atoms with van der Waals surface area (Å²) in [6, 6.07) is 8.07. The highest BCUT2D eigenvalue weighted by Gasteiger charge is 2.42. The van der Waals surface area contributed by atoms with Gasteiger partial charge in [-0.25, -0.2) is 4.79 Å². The van der Waals surface area contributed by atoms with Gasteiger partial charge in [-0.1, -0.05) is 30.9 Å². The number of carbonyl (C=O) groups is 5. The van der Waals surface area contributed by atoms with Crippen molar-refractivity contribution in [3.8, 4) is 11.5 Å². The van der Waals surface area contributed by atoms with E-state index in [0.29, 0.717) is 57.2 Å². The van der Waals surface area contributed by atoms with Crippen LogP contribution in [-0.2, 0) is 23.9 Å². The van der Waals surface area contributed by atoms with Crippen molar-refractivity contribution in [2.24, 2.45) is 0 Å². The number of nitro groups is 1. The highest BCUT2D eigenvalue weighted by molar-refractivity contribution is 8.00. The first-order chi connectivity index (χ1) is 29.5. The van der Waals surface area contributed by atoms with Crippen LogP contribution >= 0.6 is 23.4 Å². The molecular weight excluding hydrogens is 834 g/mol. The van der Waals surface area contributed by atoms with Gasteiger partial charge in [0.25, 0.3) is 11.6 Å². The summed E-state index contributed by atoms with van der Waals surface area (Å²) in [6.45, 7) is 2.48. The lowest BCUT2D eigenvalue weighted by Gasteiger charge is -2.16. The highest BCUT2D eigenvalue weighted by atomic mass is 35.5. The van der Waals surface area contributed by atoms with Gasteiger partial charge in [-0.2, -0.15) is 11.8 Å². The van der Waals surface area contributed by atoms with E-state index in [1.165, 1.54) is 36.4 Å². The SMILES string of the molecule is O=C(CCCCCNC(=O)CCCCC1SCC2NC(=O)NC21)NCCCCCC(=O)NCCOCCOCCOc1cc([N+](=O)[O-])ccc1NC(=O)c1cc(Cl)ccc1O. The van der Waals surface area contributed by atoms with Gasteiger partial charge in [-0.3, -0.25) is 29.3 Å². The second-order valence-corrected chi connectivity index (χ2v) is 16.4.